The quantitative estimate of drug-likeness (QED) is 0.800. The highest BCUT2D eigenvalue weighted by molar-refractivity contribution is 5.23. The summed E-state index contributed by atoms with van der Waals surface area (Å²) in [6, 6.07) is 2.12. The number of hydrogen-bond acceptors (Lipinski definition) is 3. The minimum Gasteiger partial charge on any atom is -0.324 e. The third-order valence-electron chi connectivity index (χ3n) is 2.26. The Balaban J connectivity index is 2.88. The molecule has 14 heavy (non-hydrogen) atoms. The molecule has 0 aliphatic carbocycles. The molecule has 1 atom stereocenters. The molecule has 0 fully saturated rings. The van der Waals surface area contributed by atoms with Crippen molar-refractivity contribution in [3.63, 3.8) is 0 Å². The Morgan fingerprint density at radius 2 is 1.93 bits per heavy atom. The maximum Gasteiger partial charge on any atom is 0.0648 e. The Morgan fingerprint density at radius 1 is 1.29 bits per heavy atom. The number of nitrogens with zero attached hydrogens (tertiary/aromatic N) is 2. The molecule has 0 aliphatic rings. The van der Waals surface area contributed by atoms with Gasteiger partial charge in [-0.15, -0.1) is 0 Å². The average Bonchev–Trinajstić information content (AvgIpc) is 2.08. The molecule has 1 aromatic rings. The zero-order chi connectivity index (χ0) is 10.7. The Bertz CT molecular complexity index is 307. The summed E-state index contributed by atoms with van der Waals surface area (Å²) in [5.74, 6) is 0.609. The molecule has 0 bridgehead atoms. The molecule has 1 unspecified atom stereocenters. The molecule has 1 heterocycles. The Morgan fingerprint density at radius 3 is 2.50 bits per heavy atom. The second-order valence-electron chi connectivity index (χ2n) is 4.26. The van der Waals surface area contributed by atoms with Gasteiger partial charge in [-0.25, -0.2) is 0 Å². The lowest BCUT2D eigenvalue weighted by Gasteiger charge is -2.16. The fourth-order valence-corrected chi connectivity index (χ4v) is 1.58. The Labute approximate surface area is 85.7 Å². The predicted octanol–water partition coefficient (Wildman–Crippen LogP) is 2.14. The molecule has 0 radical (unpaired) electrons. The van der Waals surface area contributed by atoms with E-state index in [-0.39, 0.29) is 6.04 Å². The van der Waals surface area contributed by atoms with Crippen LogP contribution in [0.4, 0.5) is 0 Å². The van der Waals surface area contributed by atoms with Crippen LogP contribution in [-0.4, -0.2) is 10.2 Å². The highest BCUT2D eigenvalue weighted by Crippen LogP contribution is 2.20. The maximum absolute atomic E-state index is 6.10. The number of aromatic nitrogens is 2. The molecule has 0 aromatic carbocycles. The van der Waals surface area contributed by atoms with Crippen LogP contribution >= 0.6 is 0 Å². The smallest absolute Gasteiger partial charge is 0.0648 e. The molecule has 0 saturated heterocycles. The highest BCUT2D eigenvalue weighted by Gasteiger charge is 2.12. The lowest BCUT2D eigenvalue weighted by molar-refractivity contribution is 0.506. The lowest BCUT2D eigenvalue weighted by Crippen LogP contribution is -2.15. The summed E-state index contributed by atoms with van der Waals surface area (Å²) in [6.45, 7) is 8.26. The Kier molecular flexibility index (Phi) is 3.58. The number of rotatable bonds is 3. The first-order valence-electron chi connectivity index (χ1n) is 5.07. The average molecular weight is 193 g/mol. The zero-order valence-corrected chi connectivity index (χ0v) is 9.41. The van der Waals surface area contributed by atoms with Gasteiger partial charge in [-0.1, -0.05) is 13.8 Å². The SMILES string of the molecule is Cc1cc(C(N)CC(C)C)c(C)nn1. The van der Waals surface area contributed by atoms with Crippen LogP contribution in [0.5, 0.6) is 0 Å². The van der Waals surface area contributed by atoms with Crippen molar-refractivity contribution in [3.05, 3.63) is 23.0 Å². The first-order chi connectivity index (χ1) is 6.50. The molecule has 3 nitrogen and oxygen atoms in total. The molecule has 78 valence electrons. The highest BCUT2D eigenvalue weighted by atomic mass is 15.1. The van der Waals surface area contributed by atoms with Crippen LogP contribution in [0.1, 0.15) is 43.3 Å². The predicted molar refractivity (Wildman–Crippen MR) is 57.9 cm³/mol. The summed E-state index contributed by atoms with van der Waals surface area (Å²) in [6.07, 6.45) is 0.992. The molecule has 1 aromatic heterocycles. The van der Waals surface area contributed by atoms with Gasteiger partial charge < -0.3 is 5.73 Å². The summed E-state index contributed by atoms with van der Waals surface area (Å²) in [4.78, 5) is 0. The third-order valence-corrected chi connectivity index (χ3v) is 2.26. The molecule has 3 heteroatoms. The molecular weight excluding hydrogens is 174 g/mol. The zero-order valence-electron chi connectivity index (χ0n) is 9.41. The van der Waals surface area contributed by atoms with E-state index < -0.39 is 0 Å². The standard InChI is InChI=1S/C11H19N3/c1-7(2)5-11(12)10-6-8(3)13-14-9(10)4/h6-7,11H,5,12H2,1-4H3. The normalized spacial score (nSPS) is 13.3. The van der Waals surface area contributed by atoms with Crippen molar-refractivity contribution in [1.82, 2.24) is 10.2 Å². The minimum absolute atomic E-state index is 0.0872. The van der Waals surface area contributed by atoms with Crippen LogP contribution in [0.25, 0.3) is 0 Å². The molecule has 1 rings (SSSR count). The van der Waals surface area contributed by atoms with Gasteiger partial charge in [0.1, 0.15) is 0 Å². The monoisotopic (exact) mass is 193 g/mol. The van der Waals surface area contributed by atoms with Gasteiger partial charge >= 0.3 is 0 Å². The van der Waals surface area contributed by atoms with E-state index in [0.717, 1.165) is 23.4 Å². The van der Waals surface area contributed by atoms with Crippen molar-refractivity contribution in [2.45, 2.75) is 40.2 Å². The van der Waals surface area contributed by atoms with E-state index in [9.17, 15) is 0 Å². The Hall–Kier alpha value is -0.960. The van der Waals surface area contributed by atoms with Crippen molar-refractivity contribution in [2.75, 3.05) is 0 Å². The van der Waals surface area contributed by atoms with Crippen molar-refractivity contribution >= 4 is 0 Å². The van der Waals surface area contributed by atoms with E-state index in [0.29, 0.717) is 5.92 Å². The summed E-state index contributed by atoms with van der Waals surface area (Å²) in [5, 5.41) is 8.07. The minimum atomic E-state index is 0.0872. The van der Waals surface area contributed by atoms with Crippen LogP contribution in [0.2, 0.25) is 0 Å². The van der Waals surface area contributed by atoms with Gasteiger partial charge in [-0.2, -0.15) is 10.2 Å². The van der Waals surface area contributed by atoms with E-state index in [1.54, 1.807) is 0 Å². The molecule has 0 aliphatic heterocycles. The van der Waals surface area contributed by atoms with Crippen LogP contribution in [0, 0.1) is 19.8 Å². The largest absolute Gasteiger partial charge is 0.324 e. The van der Waals surface area contributed by atoms with Gasteiger partial charge in [-0.3, -0.25) is 0 Å². The van der Waals surface area contributed by atoms with E-state index in [1.165, 1.54) is 0 Å². The van der Waals surface area contributed by atoms with Gasteiger partial charge in [0.2, 0.25) is 0 Å². The van der Waals surface area contributed by atoms with Crippen molar-refractivity contribution in [2.24, 2.45) is 11.7 Å². The molecule has 0 amide bonds. The first kappa shape index (κ1) is 11.1. The topological polar surface area (TPSA) is 51.8 Å². The van der Waals surface area contributed by atoms with Gasteiger partial charge in [0, 0.05) is 6.04 Å². The van der Waals surface area contributed by atoms with Gasteiger partial charge in [0.15, 0.2) is 0 Å². The van der Waals surface area contributed by atoms with Crippen LogP contribution in [0.15, 0.2) is 6.07 Å². The van der Waals surface area contributed by atoms with E-state index >= 15 is 0 Å². The van der Waals surface area contributed by atoms with E-state index in [1.807, 2.05) is 19.9 Å². The summed E-state index contributed by atoms with van der Waals surface area (Å²) < 4.78 is 0. The fraction of sp³-hybridized carbons (Fsp3) is 0.636. The van der Waals surface area contributed by atoms with Crippen LogP contribution < -0.4 is 5.73 Å². The first-order valence-corrected chi connectivity index (χ1v) is 5.07. The number of aryl methyl sites for hydroxylation is 2. The van der Waals surface area contributed by atoms with Gasteiger partial charge in [0.05, 0.1) is 11.4 Å². The molecule has 0 saturated carbocycles. The van der Waals surface area contributed by atoms with Crippen LogP contribution in [-0.2, 0) is 0 Å². The van der Waals surface area contributed by atoms with Crippen molar-refractivity contribution in [1.29, 1.82) is 0 Å². The second kappa shape index (κ2) is 4.51. The molecule has 0 spiro atoms. The van der Waals surface area contributed by atoms with E-state index in [4.69, 9.17) is 5.73 Å². The molecule has 2 N–H and O–H groups in total. The summed E-state index contributed by atoms with van der Waals surface area (Å²) >= 11 is 0. The van der Waals surface area contributed by atoms with Gasteiger partial charge in [-0.05, 0) is 37.8 Å². The third kappa shape index (κ3) is 2.77. The second-order valence-corrected chi connectivity index (χ2v) is 4.26. The lowest BCUT2D eigenvalue weighted by atomic mass is 9.97. The number of nitrogens with two attached hydrogens (primary N) is 1. The summed E-state index contributed by atoms with van der Waals surface area (Å²) in [7, 11) is 0. The van der Waals surface area contributed by atoms with Crippen LogP contribution in [0.3, 0.4) is 0 Å². The number of hydrogen-bond donors (Lipinski definition) is 1. The fourth-order valence-electron chi connectivity index (χ4n) is 1.58. The van der Waals surface area contributed by atoms with Gasteiger partial charge in [0.25, 0.3) is 0 Å². The summed E-state index contributed by atoms with van der Waals surface area (Å²) in [5.41, 5.74) is 9.11. The maximum atomic E-state index is 6.10. The van der Waals surface area contributed by atoms with Crippen molar-refractivity contribution in [3.8, 4) is 0 Å². The van der Waals surface area contributed by atoms with E-state index in [2.05, 4.69) is 24.0 Å². The van der Waals surface area contributed by atoms with Crippen molar-refractivity contribution < 1.29 is 0 Å². The molecular formula is C11H19N3.